The van der Waals surface area contributed by atoms with Crippen molar-refractivity contribution in [1.82, 2.24) is 10.6 Å². The second kappa shape index (κ2) is 17.5. The van der Waals surface area contributed by atoms with Crippen molar-refractivity contribution in [3.05, 3.63) is 0 Å². The van der Waals surface area contributed by atoms with E-state index in [0.717, 1.165) is 50.4 Å². The van der Waals surface area contributed by atoms with E-state index in [1.165, 1.54) is 77.0 Å². The van der Waals surface area contributed by atoms with Crippen LogP contribution in [0, 0.1) is 11.8 Å². The van der Waals surface area contributed by atoms with Crippen molar-refractivity contribution in [2.75, 3.05) is 13.2 Å². The van der Waals surface area contributed by atoms with E-state index in [1.54, 1.807) is 0 Å². The van der Waals surface area contributed by atoms with Crippen molar-refractivity contribution in [3.63, 3.8) is 0 Å². The maximum atomic E-state index is 11.4. The van der Waals surface area contributed by atoms with Crippen LogP contribution in [0.5, 0.6) is 0 Å². The maximum absolute atomic E-state index is 11.4. The van der Waals surface area contributed by atoms with Crippen LogP contribution in [0.2, 0.25) is 0 Å². The number of carbonyl (C=O) groups excluding carboxylic acids is 4. The van der Waals surface area contributed by atoms with E-state index in [9.17, 15) is 19.2 Å². The monoisotopic (exact) mass is 534 g/mol. The Labute approximate surface area is 228 Å². The minimum atomic E-state index is -0.435. The molecule has 8 nitrogen and oxygen atoms in total. The molecule has 4 aliphatic rings. The molecular weight excluding hydrogens is 484 g/mol. The van der Waals surface area contributed by atoms with Crippen molar-refractivity contribution >= 4 is 23.8 Å². The standard InChI is InChI=1S/2C15H25NO3/c2*17-14-10-9-13(14)16-15(18)19-11-5-4-8-12-6-2-1-3-7-12/h2*12-13H,1-11H2,(H,16,18)/t2*13-/m10/s1. The molecule has 4 fully saturated rings. The summed E-state index contributed by atoms with van der Waals surface area (Å²) in [6.07, 6.45) is 22.4. The van der Waals surface area contributed by atoms with Crippen LogP contribution in [0.15, 0.2) is 0 Å². The van der Waals surface area contributed by atoms with Gasteiger partial charge in [0.05, 0.1) is 25.3 Å². The summed E-state index contributed by atoms with van der Waals surface area (Å²) in [5.41, 5.74) is 0. The zero-order valence-corrected chi connectivity index (χ0v) is 23.3. The number of amides is 2. The van der Waals surface area contributed by atoms with Gasteiger partial charge in [-0.1, -0.05) is 77.0 Å². The van der Waals surface area contributed by atoms with Crippen molar-refractivity contribution < 1.29 is 28.7 Å². The normalized spacial score (nSPS) is 23.8. The molecule has 0 aromatic heterocycles. The van der Waals surface area contributed by atoms with Gasteiger partial charge in [0.1, 0.15) is 0 Å². The van der Waals surface area contributed by atoms with Crippen LogP contribution in [-0.2, 0) is 19.1 Å². The first-order valence-electron chi connectivity index (χ1n) is 15.4. The summed E-state index contributed by atoms with van der Waals surface area (Å²) < 4.78 is 10.2. The van der Waals surface area contributed by atoms with Gasteiger partial charge in [-0.05, 0) is 50.4 Å². The number of ketones is 2. The van der Waals surface area contributed by atoms with Gasteiger partial charge in [-0.3, -0.25) is 9.59 Å². The van der Waals surface area contributed by atoms with Crippen molar-refractivity contribution in [3.8, 4) is 0 Å². The van der Waals surface area contributed by atoms with Crippen LogP contribution in [-0.4, -0.2) is 49.1 Å². The summed E-state index contributed by atoms with van der Waals surface area (Å²) in [5, 5.41) is 5.19. The minimum absolute atomic E-state index is 0.120. The molecule has 0 heterocycles. The summed E-state index contributed by atoms with van der Waals surface area (Å²) in [5.74, 6) is 2.04. The van der Waals surface area contributed by atoms with Crippen molar-refractivity contribution in [2.45, 2.75) is 141 Å². The van der Waals surface area contributed by atoms with Gasteiger partial charge in [0.25, 0.3) is 0 Å². The molecule has 4 saturated carbocycles. The number of rotatable bonds is 12. The van der Waals surface area contributed by atoms with E-state index in [0.29, 0.717) is 26.1 Å². The number of carbonyl (C=O) groups is 4. The first-order valence-corrected chi connectivity index (χ1v) is 15.4. The molecule has 2 amide bonds. The Morgan fingerprint density at radius 1 is 0.579 bits per heavy atom. The van der Waals surface area contributed by atoms with E-state index >= 15 is 0 Å². The van der Waals surface area contributed by atoms with Gasteiger partial charge in [0.2, 0.25) is 0 Å². The fourth-order valence-electron chi connectivity index (χ4n) is 5.84. The first kappa shape index (κ1) is 30.4. The topological polar surface area (TPSA) is 111 Å². The largest absolute Gasteiger partial charge is 0.450 e. The Morgan fingerprint density at radius 2 is 0.974 bits per heavy atom. The average molecular weight is 535 g/mol. The lowest BCUT2D eigenvalue weighted by Crippen LogP contribution is -2.47. The molecule has 0 aromatic rings. The fourth-order valence-corrected chi connectivity index (χ4v) is 5.84. The summed E-state index contributed by atoms with van der Waals surface area (Å²) in [6, 6.07) is -0.565. The third kappa shape index (κ3) is 11.7. The highest BCUT2D eigenvalue weighted by Crippen LogP contribution is 2.28. The number of Topliss-reactive ketones (excluding diaryl/α,β-unsaturated/α-hetero) is 2. The van der Waals surface area contributed by atoms with Crippen molar-refractivity contribution in [1.29, 1.82) is 0 Å². The highest BCUT2D eigenvalue weighted by molar-refractivity contribution is 5.92. The fraction of sp³-hybridized carbons (Fsp3) is 0.867. The SMILES string of the molecule is O=C(N[C@@H]1CCC1=O)OCCCCC1CCCCC1.O=C(N[C@H]1CCC1=O)OCCCCC1CCCCC1. The average Bonchev–Trinajstić information content (AvgIpc) is 2.94. The van der Waals surface area contributed by atoms with Crippen LogP contribution in [0.1, 0.15) is 128 Å². The number of hydrogen-bond donors (Lipinski definition) is 2. The maximum Gasteiger partial charge on any atom is 0.407 e. The van der Waals surface area contributed by atoms with Gasteiger partial charge in [-0.2, -0.15) is 0 Å². The van der Waals surface area contributed by atoms with Crippen LogP contribution < -0.4 is 10.6 Å². The highest BCUT2D eigenvalue weighted by atomic mass is 16.6. The molecule has 0 radical (unpaired) electrons. The first-order chi connectivity index (χ1) is 18.5. The zero-order chi connectivity index (χ0) is 27.0. The van der Waals surface area contributed by atoms with E-state index in [2.05, 4.69) is 10.6 Å². The predicted octanol–water partition coefficient (Wildman–Crippen LogP) is 6.39. The second-order valence-electron chi connectivity index (χ2n) is 11.7. The Bertz CT molecular complexity index is 683. The molecule has 2 N–H and O–H groups in total. The van der Waals surface area contributed by atoms with E-state index in [4.69, 9.17) is 9.47 Å². The number of alkyl carbamates (subject to hydrolysis) is 2. The van der Waals surface area contributed by atoms with E-state index < -0.39 is 12.2 Å². The Kier molecular flexibility index (Phi) is 14.0. The molecular formula is C30H50N2O6. The Morgan fingerprint density at radius 3 is 1.29 bits per heavy atom. The lowest BCUT2D eigenvalue weighted by Gasteiger charge is -2.24. The highest BCUT2D eigenvalue weighted by Gasteiger charge is 2.30. The van der Waals surface area contributed by atoms with Crippen LogP contribution in [0.3, 0.4) is 0 Å². The molecule has 0 aliphatic heterocycles. The third-order valence-electron chi connectivity index (χ3n) is 8.65. The summed E-state index contributed by atoms with van der Waals surface area (Å²) in [4.78, 5) is 44.8. The summed E-state index contributed by atoms with van der Waals surface area (Å²) in [6.45, 7) is 0.943. The minimum Gasteiger partial charge on any atom is -0.450 e. The van der Waals surface area contributed by atoms with Crippen LogP contribution >= 0.6 is 0 Å². The molecule has 0 aromatic carbocycles. The number of nitrogens with one attached hydrogen (secondary N) is 2. The smallest absolute Gasteiger partial charge is 0.407 e. The molecule has 0 unspecified atom stereocenters. The van der Waals surface area contributed by atoms with Crippen molar-refractivity contribution in [2.24, 2.45) is 11.8 Å². The van der Waals surface area contributed by atoms with Gasteiger partial charge >= 0.3 is 12.2 Å². The van der Waals surface area contributed by atoms with Gasteiger partial charge in [-0.25, -0.2) is 9.59 Å². The van der Waals surface area contributed by atoms with Gasteiger partial charge < -0.3 is 20.1 Å². The second-order valence-corrected chi connectivity index (χ2v) is 11.7. The Balaban J connectivity index is 0.000000211. The van der Waals surface area contributed by atoms with Crippen LogP contribution in [0.4, 0.5) is 9.59 Å². The Hall–Kier alpha value is -2.12. The van der Waals surface area contributed by atoms with E-state index in [-0.39, 0.29) is 23.7 Å². The number of ether oxygens (including phenoxy) is 2. The molecule has 4 aliphatic carbocycles. The number of unbranched alkanes of at least 4 members (excludes halogenated alkanes) is 2. The van der Waals surface area contributed by atoms with Crippen LogP contribution in [0.25, 0.3) is 0 Å². The molecule has 216 valence electrons. The number of hydrogen-bond acceptors (Lipinski definition) is 6. The zero-order valence-electron chi connectivity index (χ0n) is 23.3. The lowest BCUT2D eigenvalue weighted by molar-refractivity contribution is -0.127. The summed E-state index contributed by atoms with van der Waals surface area (Å²) in [7, 11) is 0. The molecule has 2 atom stereocenters. The van der Waals surface area contributed by atoms with Gasteiger partial charge in [0, 0.05) is 12.8 Å². The molecule has 0 spiro atoms. The van der Waals surface area contributed by atoms with Gasteiger partial charge in [0.15, 0.2) is 11.6 Å². The van der Waals surface area contributed by atoms with E-state index in [1.807, 2.05) is 0 Å². The molecule has 4 rings (SSSR count). The molecule has 38 heavy (non-hydrogen) atoms. The summed E-state index contributed by atoms with van der Waals surface area (Å²) >= 11 is 0. The quantitative estimate of drug-likeness (QED) is 0.281. The predicted molar refractivity (Wildman–Crippen MR) is 146 cm³/mol. The molecule has 0 saturated heterocycles. The lowest BCUT2D eigenvalue weighted by atomic mass is 9.86. The van der Waals surface area contributed by atoms with Gasteiger partial charge in [-0.15, -0.1) is 0 Å². The molecule has 8 heteroatoms. The third-order valence-corrected chi connectivity index (χ3v) is 8.65. The molecule has 0 bridgehead atoms.